The molecule has 0 aromatic carbocycles. The monoisotopic (exact) mass is 239 g/mol. The Bertz CT molecular complexity index is 602. The largest absolute Gasteiger partial charge is 0.282 e. The second-order valence-corrected chi connectivity index (χ2v) is 4.32. The zero-order valence-electron chi connectivity index (χ0n) is 8.68. The third-order valence-electron chi connectivity index (χ3n) is 1.96. The van der Waals surface area contributed by atoms with Crippen molar-refractivity contribution < 1.29 is 9.63 Å². The first-order valence-corrected chi connectivity index (χ1v) is 5.26. The summed E-state index contributed by atoms with van der Waals surface area (Å²) in [7, 11) is 1.30. The van der Waals surface area contributed by atoms with Crippen molar-refractivity contribution in [2.24, 2.45) is 0 Å². The minimum Gasteiger partial charge on any atom is -0.277 e. The van der Waals surface area contributed by atoms with E-state index in [0.29, 0.717) is 4.96 Å². The number of aryl methyl sites for hydroxylation is 1. The van der Waals surface area contributed by atoms with Gasteiger partial charge < -0.3 is 0 Å². The number of carbonyl (C=O) groups is 1. The highest BCUT2D eigenvalue weighted by Crippen LogP contribution is 2.12. The standard InChI is InChI=1S/C9H9N3O3S/c1-5-4-12-8(14)6(7(13)11-15-2)3-10-9(12)16-5/h3-4H,1-2H3,(H,11,13). The molecular formula is C9H9N3O3S. The van der Waals surface area contributed by atoms with Crippen LogP contribution in [0.1, 0.15) is 15.2 Å². The van der Waals surface area contributed by atoms with Gasteiger partial charge in [0.25, 0.3) is 11.5 Å². The SMILES string of the molecule is CONC(=O)c1cnc2sc(C)cn2c1=O. The topological polar surface area (TPSA) is 72.7 Å². The van der Waals surface area contributed by atoms with Crippen molar-refractivity contribution >= 4 is 22.2 Å². The summed E-state index contributed by atoms with van der Waals surface area (Å²) >= 11 is 1.39. The molecule has 1 N–H and O–H groups in total. The molecule has 6 nitrogen and oxygen atoms in total. The molecule has 0 saturated carbocycles. The van der Waals surface area contributed by atoms with Crippen LogP contribution in [0.3, 0.4) is 0 Å². The summed E-state index contributed by atoms with van der Waals surface area (Å²) in [4.78, 5) is 33.3. The van der Waals surface area contributed by atoms with Crippen LogP contribution in [0.2, 0.25) is 0 Å². The van der Waals surface area contributed by atoms with Crippen molar-refractivity contribution in [1.29, 1.82) is 0 Å². The lowest BCUT2D eigenvalue weighted by atomic mass is 10.3. The zero-order chi connectivity index (χ0) is 11.7. The predicted octanol–water partition coefficient (Wildman–Crippen LogP) is 0.356. The van der Waals surface area contributed by atoms with Gasteiger partial charge in [-0.2, -0.15) is 0 Å². The van der Waals surface area contributed by atoms with Crippen molar-refractivity contribution in [2.75, 3.05) is 7.11 Å². The third kappa shape index (κ3) is 1.70. The second kappa shape index (κ2) is 4.03. The fourth-order valence-corrected chi connectivity index (χ4v) is 2.08. The molecule has 2 aromatic heterocycles. The average Bonchev–Trinajstić information content (AvgIpc) is 2.60. The van der Waals surface area contributed by atoms with Gasteiger partial charge in [0, 0.05) is 17.3 Å². The van der Waals surface area contributed by atoms with E-state index < -0.39 is 11.5 Å². The summed E-state index contributed by atoms with van der Waals surface area (Å²) in [6.45, 7) is 1.87. The van der Waals surface area contributed by atoms with Crippen molar-refractivity contribution in [3.8, 4) is 0 Å². The normalized spacial score (nSPS) is 10.6. The molecule has 0 saturated heterocycles. The van der Waals surface area contributed by atoms with Crippen LogP contribution in [0.25, 0.3) is 4.96 Å². The van der Waals surface area contributed by atoms with Crippen LogP contribution >= 0.6 is 11.3 Å². The third-order valence-corrected chi connectivity index (χ3v) is 2.87. The number of amides is 1. The maximum absolute atomic E-state index is 11.9. The Morgan fingerprint density at radius 1 is 1.62 bits per heavy atom. The van der Waals surface area contributed by atoms with E-state index in [2.05, 4.69) is 15.3 Å². The highest BCUT2D eigenvalue weighted by Gasteiger charge is 2.13. The minimum atomic E-state index is -0.599. The molecule has 0 radical (unpaired) electrons. The number of fused-ring (bicyclic) bond motifs is 1. The lowest BCUT2D eigenvalue weighted by molar-refractivity contribution is 0.0535. The van der Waals surface area contributed by atoms with Gasteiger partial charge in [-0.25, -0.2) is 10.5 Å². The molecular weight excluding hydrogens is 230 g/mol. The predicted molar refractivity (Wildman–Crippen MR) is 58.6 cm³/mol. The molecule has 0 aliphatic carbocycles. The maximum Gasteiger partial charge on any atom is 0.282 e. The molecule has 0 fully saturated rings. The van der Waals surface area contributed by atoms with E-state index in [1.54, 1.807) is 6.20 Å². The van der Waals surface area contributed by atoms with Gasteiger partial charge >= 0.3 is 0 Å². The number of nitrogens with one attached hydrogen (secondary N) is 1. The van der Waals surface area contributed by atoms with E-state index in [-0.39, 0.29) is 5.56 Å². The van der Waals surface area contributed by atoms with Crippen LogP contribution in [0, 0.1) is 6.92 Å². The Labute approximate surface area is 94.5 Å². The first-order valence-electron chi connectivity index (χ1n) is 4.44. The quantitative estimate of drug-likeness (QED) is 0.768. The van der Waals surface area contributed by atoms with Crippen LogP contribution in [0.15, 0.2) is 17.2 Å². The smallest absolute Gasteiger partial charge is 0.277 e. The minimum absolute atomic E-state index is 0.0443. The van der Waals surface area contributed by atoms with Gasteiger partial charge in [0.15, 0.2) is 4.96 Å². The van der Waals surface area contributed by atoms with Gasteiger partial charge in [0.2, 0.25) is 0 Å². The molecule has 2 rings (SSSR count). The number of rotatable bonds is 2. The number of thiazole rings is 1. The van der Waals surface area contributed by atoms with E-state index in [4.69, 9.17) is 0 Å². The van der Waals surface area contributed by atoms with Gasteiger partial charge in [-0.1, -0.05) is 0 Å². The fraction of sp³-hybridized carbons (Fsp3) is 0.222. The molecule has 16 heavy (non-hydrogen) atoms. The summed E-state index contributed by atoms with van der Waals surface area (Å²) in [6.07, 6.45) is 2.90. The van der Waals surface area contributed by atoms with E-state index in [1.165, 1.54) is 29.0 Å². The number of aromatic nitrogens is 2. The van der Waals surface area contributed by atoms with Gasteiger partial charge in [0.05, 0.1) is 7.11 Å². The summed E-state index contributed by atoms with van der Waals surface area (Å²) < 4.78 is 1.35. The Balaban J connectivity index is 2.60. The Kier molecular flexibility index (Phi) is 2.71. The first-order chi connectivity index (χ1) is 7.63. The molecule has 0 bridgehead atoms. The summed E-state index contributed by atoms with van der Waals surface area (Å²) in [5.74, 6) is -0.599. The second-order valence-electron chi connectivity index (χ2n) is 3.11. The highest BCUT2D eigenvalue weighted by atomic mass is 32.1. The number of carbonyl (C=O) groups excluding carboxylic acids is 1. The molecule has 2 aromatic rings. The maximum atomic E-state index is 11.9. The Hall–Kier alpha value is -1.73. The Morgan fingerprint density at radius 2 is 2.38 bits per heavy atom. The Morgan fingerprint density at radius 3 is 3.06 bits per heavy atom. The number of nitrogens with zero attached hydrogens (tertiary/aromatic N) is 2. The van der Waals surface area contributed by atoms with Gasteiger partial charge in [-0.15, -0.1) is 11.3 Å². The molecule has 0 atom stereocenters. The zero-order valence-corrected chi connectivity index (χ0v) is 9.50. The van der Waals surface area contributed by atoms with Gasteiger partial charge in [-0.3, -0.25) is 18.8 Å². The number of hydrogen-bond donors (Lipinski definition) is 1. The first kappa shape index (κ1) is 10.8. The molecule has 2 heterocycles. The van der Waals surface area contributed by atoms with Crippen molar-refractivity contribution in [1.82, 2.24) is 14.9 Å². The molecule has 0 aliphatic heterocycles. The van der Waals surface area contributed by atoms with E-state index >= 15 is 0 Å². The molecule has 0 unspecified atom stereocenters. The van der Waals surface area contributed by atoms with Crippen LogP contribution < -0.4 is 11.0 Å². The summed E-state index contributed by atoms with van der Waals surface area (Å²) in [5.41, 5.74) is 1.64. The van der Waals surface area contributed by atoms with Gasteiger partial charge in [0.1, 0.15) is 5.56 Å². The van der Waals surface area contributed by atoms with E-state index in [1.807, 2.05) is 6.92 Å². The number of hydroxylamine groups is 1. The highest BCUT2D eigenvalue weighted by molar-refractivity contribution is 7.16. The van der Waals surface area contributed by atoms with Gasteiger partial charge in [-0.05, 0) is 6.92 Å². The fourth-order valence-electron chi connectivity index (χ4n) is 1.30. The molecule has 1 amide bonds. The summed E-state index contributed by atoms with van der Waals surface area (Å²) in [5, 5.41) is 0. The van der Waals surface area contributed by atoms with Crippen LogP contribution in [-0.4, -0.2) is 22.4 Å². The molecule has 0 spiro atoms. The average molecular weight is 239 g/mol. The van der Waals surface area contributed by atoms with Crippen LogP contribution in [0.5, 0.6) is 0 Å². The molecule has 0 aliphatic rings. The van der Waals surface area contributed by atoms with Crippen molar-refractivity contribution in [2.45, 2.75) is 6.92 Å². The lowest BCUT2D eigenvalue weighted by Gasteiger charge is -2.00. The van der Waals surface area contributed by atoms with E-state index in [0.717, 1.165) is 4.88 Å². The molecule has 7 heteroatoms. The molecule has 84 valence electrons. The number of hydrogen-bond acceptors (Lipinski definition) is 5. The van der Waals surface area contributed by atoms with Crippen LogP contribution in [0.4, 0.5) is 0 Å². The summed E-state index contributed by atoms with van der Waals surface area (Å²) in [6, 6.07) is 0. The van der Waals surface area contributed by atoms with Crippen LogP contribution in [-0.2, 0) is 4.84 Å². The lowest BCUT2D eigenvalue weighted by Crippen LogP contribution is -2.30. The van der Waals surface area contributed by atoms with Crippen molar-refractivity contribution in [3.05, 3.63) is 33.2 Å². The van der Waals surface area contributed by atoms with Crippen molar-refractivity contribution in [3.63, 3.8) is 0 Å². The van der Waals surface area contributed by atoms with E-state index in [9.17, 15) is 9.59 Å².